The maximum Gasteiger partial charge on any atom is 0.107 e. The van der Waals surface area contributed by atoms with Crippen LogP contribution in [0.15, 0.2) is 29.6 Å². The van der Waals surface area contributed by atoms with Gasteiger partial charge in [-0.1, -0.05) is 52.0 Å². The predicted molar refractivity (Wildman–Crippen MR) is 87.2 cm³/mol. The van der Waals surface area contributed by atoms with Crippen molar-refractivity contribution in [2.75, 3.05) is 0 Å². The van der Waals surface area contributed by atoms with Crippen molar-refractivity contribution in [2.45, 2.75) is 52.6 Å². The average Bonchev–Trinajstić information content (AvgIpc) is 2.88. The van der Waals surface area contributed by atoms with E-state index in [1.807, 2.05) is 0 Å². The van der Waals surface area contributed by atoms with Crippen molar-refractivity contribution in [3.63, 3.8) is 0 Å². The summed E-state index contributed by atoms with van der Waals surface area (Å²) in [6.45, 7) is 10.5. The first-order valence-electron chi connectivity index (χ1n) is 7.22. The highest BCUT2D eigenvalue weighted by molar-refractivity contribution is 7.09. The summed E-state index contributed by atoms with van der Waals surface area (Å²) in [4.78, 5) is 4.70. The molecule has 1 aromatic heterocycles. The molecule has 2 aromatic rings. The minimum atomic E-state index is 0.144. The lowest BCUT2D eigenvalue weighted by Gasteiger charge is -2.14. The number of aromatic nitrogens is 1. The number of hydrogen-bond acceptors (Lipinski definition) is 3. The molecule has 0 aliphatic rings. The van der Waals surface area contributed by atoms with Crippen molar-refractivity contribution >= 4 is 11.3 Å². The highest BCUT2D eigenvalue weighted by Gasteiger charge is 2.17. The summed E-state index contributed by atoms with van der Waals surface area (Å²) in [5.41, 5.74) is 4.05. The Kier molecular flexibility index (Phi) is 4.95. The van der Waals surface area contributed by atoms with E-state index in [0.29, 0.717) is 0 Å². The van der Waals surface area contributed by atoms with E-state index in [1.165, 1.54) is 21.8 Å². The van der Waals surface area contributed by atoms with Gasteiger partial charge < -0.3 is 5.32 Å². The van der Waals surface area contributed by atoms with Crippen molar-refractivity contribution in [2.24, 2.45) is 0 Å². The van der Waals surface area contributed by atoms with Gasteiger partial charge in [0.25, 0.3) is 0 Å². The second-order valence-corrected chi connectivity index (χ2v) is 7.09. The van der Waals surface area contributed by atoms with E-state index < -0.39 is 0 Å². The molecule has 0 aliphatic carbocycles. The monoisotopic (exact) mass is 288 g/mol. The maximum absolute atomic E-state index is 4.70. The third-order valence-corrected chi connectivity index (χ3v) is 4.21. The zero-order chi connectivity index (χ0) is 14.6. The smallest absolute Gasteiger partial charge is 0.107 e. The first kappa shape index (κ1) is 15.2. The molecule has 0 unspecified atom stereocenters. The summed E-state index contributed by atoms with van der Waals surface area (Å²) in [6.07, 6.45) is 1.10. The number of nitrogens with one attached hydrogen (secondary N) is 1. The number of aryl methyl sites for hydroxylation is 1. The molecule has 0 bridgehead atoms. The molecule has 0 fully saturated rings. The number of nitrogens with zero attached hydrogens (tertiary/aromatic N) is 1. The van der Waals surface area contributed by atoms with Gasteiger partial charge in [-0.3, -0.25) is 0 Å². The largest absolute Gasteiger partial charge is 0.306 e. The quantitative estimate of drug-likeness (QED) is 0.887. The Labute approximate surface area is 126 Å². The van der Waals surface area contributed by atoms with Crippen molar-refractivity contribution in [3.05, 3.63) is 51.5 Å². The molecule has 0 spiro atoms. The molecule has 1 aromatic carbocycles. The van der Waals surface area contributed by atoms with Gasteiger partial charge in [0.15, 0.2) is 0 Å². The zero-order valence-corrected chi connectivity index (χ0v) is 13.7. The summed E-state index contributed by atoms with van der Waals surface area (Å²) >= 11 is 1.74. The molecule has 1 N–H and O–H groups in total. The van der Waals surface area contributed by atoms with Gasteiger partial charge >= 0.3 is 0 Å². The molecule has 0 radical (unpaired) electrons. The first-order valence-corrected chi connectivity index (χ1v) is 8.10. The molecule has 20 heavy (non-hydrogen) atoms. The van der Waals surface area contributed by atoms with E-state index in [1.54, 1.807) is 11.3 Å². The van der Waals surface area contributed by atoms with Crippen molar-refractivity contribution in [3.8, 4) is 0 Å². The topological polar surface area (TPSA) is 24.9 Å². The molecule has 0 saturated heterocycles. The van der Waals surface area contributed by atoms with Gasteiger partial charge in [-0.2, -0.15) is 0 Å². The standard InChI is InChI=1S/C17H24N2S/c1-5-13-6-8-14(9-7-13)10-18-11-16-19-15(12-20-16)17(2,3)4/h6-9,12,18H,5,10-11H2,1-4H3. The Morgan fingerprint density at radius 2 is 1.70 bits per heavy atom. The van der Waals surface area contributed by atoms with Gasteiger partial charge in [0.1, 0.15) is 5.01 Å². The van der Waals surface area contributed by atoms with E-state index in [4.69, 9.17) is 4.98 Å². The van der Waals surface area contributed by atoms with Crippen LogP contribution in [0.4, 0.5) is 0 Å². The van der Waals surface area contributed by atoms with Crippen LogP contribution in [0.5, 0.6) is 0 Å². The Balaban J connectivity index is 1.84. The van der Waals surface area contributed by atoms with Crippen LogP contribution >= 0.6 is 11.3 Å². The molecular weight excluding hydrogens is 264 g/mol. The first-order chi connectivity index (χ1) is 9.49. The van der Waals surface area contributed by atoms with Crippen molar-refractivity contribution in [1.29, 1.82) is 0 Å². The molecule has 0 saturated carbocycles. The summed E-state index contributed by atoms with van der Waals surface area (Å²) in [7, 11) is 0. The van der Waals surface area contributed by atoms with Crippen LogP contribution in [0.1, 0.15) is 49.5 Å². The molecule has 3 heteroatoms. The summed E-state index contributed by atoms with van der Waals surface area (Å²) in [5.74, 6) is 0. The molecule has 0 atom stereocenters. The van der Waals surface area contributed by atoms with E-state index in [9.17, 15) is 0 Å². The minimum Gasteiger partial charge on any atom is -0.306 e. The van der Waals surface area contributed by atoms with Gasteiger partial charge in [0.05, 0.1) is 5.69 Å². The zero-order valence-electron chi connectivity index (χ0n) is 12.9. The highest BCUT2D eigenvalue weighted by Crippen LogP contribution is 2.23. The molecule has 108 valence electrons. The van der Waals surface area contributed by atoms with Crippen LogP contribution in [-0.4, -0.2) is 4.98 Å². The molecule has 2 nitrogen and oxygen atoms in total. The van der Waals surface area contributed by atoms with E-state index in [-0.39, 0.29) is 5.41 Å². The highest BCUT2D eigenvalue weighted by atomic mass is 32.1. The van der Waals surface area contributed by atoms with Crippen LogP contribution in [0.25, 0.3) is 0 Å². The summed E-state index contributed by atoms with van der Waals surface area (Å²) in [5, 5.41) is 6.81. The lowest BCUT2D eigenvalue weighted by atomic mass is 9.93. The molecule has 0 aliphatic heterocycles. The molecule has 1 heterocycles. The summed E-state index contributed by atoms with van der Waals surface area (Å²) < 4.78 is 0. The minimum absolute atomic E-state index is 0.144. The normalized spacial score (nSPS) is 11.8. The van der Waals surface area contributed by atoms with Crippen LogP contribution in [-0.2, 0) is 24.9 Å². The number of thiazole rings is 1. The third kappa shape index (κ3) is 4.15. The fraction of sp³-hybridized carbons (Fsp3) is 0.471. The fourth-order valence-corrected chi connectivity index (χ4v) is 2.93. The van der Waals surface area contributed by atoms with Crippen molar-refractivity contribution in [1.82, 2.24) is 10.3 Å². The van der Waals surface area contributed by atoms with Gasteiger partial charge in [0.2, 0.25) is 0 Å². The Hall–Kier alpha value is -1.19. The van der Waals surface area contributed by atoms with E-state index >= 15 is 0 Å². The maximum atomic E-state index is 4.70. The van der Waals surface area contributed by atoms with Crippen LogP contribution in [0, 0.1) is 0 Å². The summed E-state index contributed by atoms with van der Waals surface area (Å²) in [6, 6.07) is 8.82. The lowest BCUT2D eigenvalue weighted by Crippen LogP contribution is -2.14. The molecular formula is C17H24N2S. The third-order valence-electron chi connectivity index (χ3n) is 3.36. The van der Waals surface area contributed by atoms with Gasteiger partial charge in [-0.25, -0.2) is 4.98 Å². The van der Waals surface area contributed by atoms with Gasteiger partial charge in [-0.05, 0) is 17.5 Å². The van der Waals surface area contributed by atoms with Crippen LogP contribution < -0.4 is 5.32 Å². The van der Waals surface area contributed by atoms with Crippen molar-refractivity contribution < 1.29 is 0 Å². The number of hydrogen-bond donors (Lipinski definition) is 1. The van der Waals surface area contributed by atoms with E-state index in [2.05, 4.69) is 62.7 Å². The van der Waals surface area contributed by atoms with Crippen LogP contribution in [0.3, 0.4) is 0 Å². The van der Waals surface area contributed by atoms with E-state index in [0.717, 1.165) is 19.5 Å². The fourth-order valence-electron chi connectivity index (χ4n) is 1.94. The lowest BCUT2D eigenvalue weighted by molar-refractivity contribution is 0.568. The second kappa shape index (κ2) is 6.51. The Morgan fingerprint density at radius 3 is 2.25 bits per heavy atom. The second-order valence-electron chi connectivity index (χ2n) is 6.15. The number of benzene rings is 1. The Morgan fingerprint density at radius 1 is 1.05 bits per heavy atom. The molecule has 2 rings (SSSR count). The van der Waals surface area contributed by atoms with Crippen LogP contribution in [0.2, 0.25) is 0 Å². The average molecular weight is 288 g/mol. The number of rotatable bonds is 5. The Bertz CT molecular complexity index is 535. The SMILES string of the molecule is CCc1ccc(CNCc2nc(C(C)(C)C)cs2)cc1. The predicted octanol–water partition coefficient (Wildman–Crippen LogP) is 4.29. The van der Waals surface area contributed by atoms with Gasteiger partial charge in [-0.15, -0.1) is 11.3 Å². The molecule has 0 amide bonds. The van der Waals surface area contributed by atoms with Gasteiger partial charge in [0, 0.05) is 23.9 Å².